The standard InChI is InChI=1S/C12H14N4O2S/c1-2-19-8-7-16-11(9-3-5-13-6-4-9)10(12(17)18)14-15-16/h3-6H,2,7-8H2,1H3,(H,17,18). The van der Waals surface area contributed by atoms with Crippen LogP contribution in [0.5, 0.6) is 0 Å². The number of aryl methyl sites for hydroxylation is 1. The summed E-state index contributed by atoms with van der Waals surface area (Å²) in [5, 5.41) is 16.9. The zero-order valence-corrected chi connectivity index (χ0v) is 11.3. The lowest BCUT2D eigenvalue weighted by molar-refractivity contribution is 0.0691. The summed E-state index contributed by atoms with van der Waals surface area (Å²) >= 11 is 1.78. The maximum Gasteiger partial charge on any atom is 0.358 e. The molecule has 1 N–H and O–H groups in total. The van der Waals surface area contributed by atoms with Gasteiger partial charge < -0.3 is 5.11 Å². The van der Waals surface area contributed by atoms with Crippen molar-refractivity contribution < 1.29 is 9.90 Å². The second kappa shape index (κ2) is 6.33. The highest BCUT2D eigenvalue weighted by Crippen LogP contribution is 2.21. The highest BCUT2D eigenvalue weighted by Gasteiger charge is 2.20. The van der Waals surface area contributed by atoms with Gasteiger partial charge >= 0.3 is 5.97 Å². The Kier molecular flexibility index (Phi) is 4.51. The van der Waals surface area contributed by atoms with Crippen LogP contribution in [0.15, 0.2) is 24.5 Å². The molecule has 0 atom stereocenters. The maximum absolute atomic E-state index is 11.2. The number of rotatable bonds is 6. The van der Waals surface area contributed by atoms with Gasteiger partial charge in [0, 0.05) is 23.7 Å². The zero-order chi connectivity index (χ0) is 13.7. The average molecular weight is 278 g/mol. The number of thioether (sulfide) groups is 1. The highest BCUT2D eigenvalue weighted by atomic mass is 32.2. The molecular formula is C12H14N4O2S. The van der Waals surface area contributed by atoms with E-state index in [0.29, 0.717) is 12.2 Å². The van der Waals surface area contributed by atoms with E-state index in [9.17, 15) is 9.90 Å². The maximum atomic E-state index is 11.2. The first-order chi connectivity index (χ1) is 9.24. The van der Waals surface area contributed by atoms with E-state index in [4.69, 9.17) is 0 Å². The number of nitrogens with zero attached hydrogens (tertiary/aromatic N) is 4. The van der Waals surface area contributed by atoms with E-state index in [2.05, 4.69) is 22.2 Å². The lowest BCUT2D eigenvalue weighted by atomic mass is 10.1. The van der Waals surface area contributed by atoms with Gasteiger partial charge in [-0.25, -0.2) is 9.48 Å². The third-order valence-electron chi connectivity index (χ3n) is 2.54. The van der Waals surface area contributed by atoms with Crippen molar-refractivity contribution in [1.82, 2.24) is 20.0 Å². The second-order valence-corrected chi connectivity index (χ2v) is 5.14. The Hall–Kier alpha value is -1.89. The first-order valence-corrected chi connectivity index (χ1v) is 7.04. The molecule has 100 valence electrons. The van der Waals surface area contributed by atoms with Gasteiger partial charge in [0.15, 0.2) is 5.69 Å². The van der Waals surface area contributed by atoms with Crippen LogP contribution in [0.1, 0.15) is 17.4 Å². The number of carbonyl (C=O) groups is 1. The first-order valence-electron chi connectivity index (χ1n) is 5.89. The molecule has 7 heteroatoms. The third kappa shape index (κ3) is 3.11. The number of aromatic nitrogens is 4. The van der Waals surface area contributed by atoms with Gasteiger partial charge in [-0.3, -0.25) is 4.98 Å². The van der Waals surface area contributed by atoms with Crippen LogP contribution >= 0.6 is 11.8 Å². The molecular weight excluding hydrogens is 264 g/mol. The lowest BCUT2D eigenvalue weighted by Gasteiger charge is -2.06. The van der Waals surface area contributed by atoms with E-state index in [1.165, 1.54) is 0 Å². The van der Waals surface area contributed by atoms with Crippen LogP contribution in [-0.2, 0) is 6.54 Å². The Labute approximate surface area is 114 Å². The molecule has 19 heavy (non-hydrogen) atoms. The largest absolute Gasteiger partial charge is 0.476 e. The normalized spacial score (nSPS) is 10.6. The number of aromatic carboxylic acids is 1. The van der Waals surface area contributed by atoms with Crippen LogP contribution in [0.25, 0.3) is 11.3 Å². The first kappa shape index (κ1) is 13.5. The molecule has 0 bridgehead atoms. The quantitative estimate of drug-likeness (QED) is 0.811. The molecule has 0 saturated heterocycles. The molecule has 6 nitrogen and oxygen atoms in total. The fourth-order valence-corrected chi connectivity index (χ4v) is 2.30. The summed E-state index contributed by atoms with van der Waals surface area (Å²) in [5.74, 6) is 0.823. The SMILES string of the molecule is CCSCCn1nnc(C(=O)O)c1-c1ccncc1. The Morgan fingerprint density at radius 3 is 2.79 bits per heavy atom. The molecule has 0 amide bonds. The van der Waals surface area contributed by atoms with Crippen molar-refractivity contribution in [3.05, 3.63) is 30.2 Å². The molecule has 2 aromatic heterocycles. The molecule has 0 radical (unpaired) electrons. The minimum atomic E-state index is -1.07. The summed E-state index contributed by atoms with van der Waals surface area (Å²) < 4.78 is 1.64. The second-order valence-electron chi connectivity index (χ2n) is 3.75. The minimum absolute atomic E-state index is 0.0206. The molecule has 2 rings (SSSR count). The molecule has 0 aliphatic rings. The van der Waals surface area contributed by atoms with Crippen LogP contribution < -0.4 is 0 Å². The van der Waals surface area contributed by atoms with Crippen LogP contribution in [0.4, 0.5) is 0 Å². The molecule has 0 aliphatic carbocycles. The molecule has 2 aromatic rings. The van der Waals surface area contributed by atoms with Crippen molar-refractivity contribution >= 4 is 17.7 Å². The molecule has 0 aliphatic heterocycles. The highest BCUT2D eigenvalue weighted by molar-refractivity contribution is 7.99. The Bertz CT molecular complexity index is 556. The van der Waals surface area contributed by atoms with Gasteiger partial charge in [-0.05, 0) is 17.9 Å². The van der Waals surface area contributed by atoms with Gasteiger partial charge in [0.2, 0.25) is 0 Å². The van der Waals surface area contributed by atoms with Crippen molar-refractivity contribution in [2.45, 2.75) is 13.5 Å². The molecule has 0 unspecified atom stereocenters. The summed E-state index contributed by atoms with van der Waals surface area (Å²) in [6.45, 7) is 2.72. The minimum Gasteiger partial charge on any atom is -0.476 e. The molecule has 0 fully saturated rings. The number of hydrogen-bond acceptors (Lipinski definition) is 5. The van der Waals surface area contributed by atoms with Crippen LogP contribution in [-0.4, -0.2) is 42.6 Å². The Morgan fingerprint density at radius 1 is 1.42 bits per heavy atom. The molecule has 0 aromatic carbocycles. The zero-order valence-electron chi connectivity index (χ0n) is 10.5. The van der Waals surface area contributed by atoms with E-state index < -0.39 is 5.97 Å². The summed E-state index contributed by atoms with van der Waals surface area (Å²) in [6.07, 6.45) is 3.25. The molecule has 0 saturated carbocycles. The van der Waals surface area contributed by atoms with Gasteiger partial charge in [-0.2, -0.15) is 11.8 Å². The molecule has 2 heterocycles. The van der Waals surface area contributed by atoms with E-state index in [0.717, 1.165) is 17.1 Å². The van der Waals surface area contributed by atoms with Gasteiger partial charge in [-0.15, -0.1) is 5.10 Å². The van der Waals surface area contributed by atoms with E-state index in [-0.39, 0.29) is 5.69 Å². The number of carboxylic acid groups (broad SMARTS) is 1. The Balaban J connectivity index is 2.37. The summed E-state index contributed by atoms with van der Waals surface area (Å²) in [7, 11) is 0. The summed E-state index contributed by atoms with van der Waals surface area (Å²) in [5.41, 5.74) is 1.28. The van der Waals surface area contributed by atoms with Crippen molar-refractivity contribution in [1.29, 1.82) is 0 Å². The third-order valence-corrected chi connectivity index (χ3v) is 3.42. The summed E-state index contributed by atoms with van der Waals surface area (Å²) in [4.78, 5) is 15.1. The average Bonchev–Trinajstić information content (AvgIpc) is 2.84. The van der Waals surface area contributed by atoms with Gasteiger partial charge in [0.05, 0.1) is 6.54 Å². The molecule has 0 spiro atoms. The monoisotopic (exact) mass is 278 g/mol. The predicted molar refractivity (Wildman–Crippen MR) is 73.2 cm³/mol. The van der Waals surface area contributed by atoms with Gasteiger partial charge in [-0.1, -0.05) is 12.1 Å². The van der Waals surface area contributed by atoms with Gasteiger partial charge in [0.1, 0.15) is 5.69 Å². The number of hydrogen-bond donors (Lipinski definition) is 1. The number of carboxylic acids is 1. The van der Waals surface area contributed by atoms with Crippen molar-refractivity contribution in [3.8, 4) is 11.3 Å². The van der Waals surface area contributed by atoms with E-state index in [1.807, 2.05) is 0 Å². The van der Waals surface area contributed by atoms with E-state index >= 15 is 0 Å². The number of pyridine rings is 1. The topological polar surface area (TPSA) is 80.9 Å². The fraction of sp³-hybridized carbons (Fsp3) is 0.333. The van der Waals surface area contributed by atoms with Gasteiger partial charge in [0.25, 0.3) is 0 Å². The van der Waals surface area contributed by atoms with Crippen molar-refractivity contribution in [3.63, 3.8) is 0 Å². The van der Waals surface area contributed by atoms with Crippen LogP contribution in [0, 0.1) is 0 Å². The van der Waals surface area contributed by atoms with Crippen molar-refractivity contribution in [2.24, 2.45) is 0 Å². The fourth-order valence-electron chi connectivity index (χ4n) is 1.70. The Morgan fingerprint density at radius 2 is 2.16 bits per heavy atom. The summed E-state index contributed by atoms with van der Waals surface area (Å²) in [6, 6.07) is 3.52. The van der Waals surface area contributed by atoms with Crippen molar-refractivity contribution in [2.75, 3.05) is 11.5 Å². The smallest absolute Gasteiger partial charge is 0.358 e. The van der Waals surface area contributed by atoms with Crippen LogP contribution in [0.3, 0.4) is 0 Å². The predicted octanol–water partition coefficient (Wildman–Crippen LogP) is 1.79. The van der Waals surface area contributed by atoms with Crippen LogP contribution in [0.2, 0.25) is 0 Å². The van der Waals surface area contributed by atoms with E-state index in [1.54, 1.807) is 41.0 Å². The lowest BCUT2D eigenvalue weighted by Crippen LogP contribution is -2.07.